The van der Waals surface area contributed by atoms with Crippen molar-refractivity contribution in [3.05, 3.63) is 28.2 Å². The van der Waals surface area contributed by atoms with Gasteiger partial charge in [-0.15, -0.1) is 0 Å². The van der Waals surface area contributed by atoms with Crippen LogP contribution in [-0.2, 0) is 14.3 Å². The Balaban J connectivity index is 1.94. The normalized spacial score (nSPS) is 17.3. The Labute approximate surface area is 139 Å². The van der Waals surface area contributed by atoms with Gasteiger partial charge < -0.3 is 15.0 Å². The standard InChI is InChI=1S/C16H21BrN2O3/c1-11-5-6-15(14(17)8-11)18-16(21)10-19(12(2)20)9-13-4-3-7-22-13/h5-6,8,13H,3-4,7,9-10H2,1-2H3,(H,18,21). The maximum absolute atomic E-state index is 12.2. The van der Waals surface area contributed by atoms with Crippen LogP contribution in [0.5, 0.6) is 0 Å². The lowest BCUT2D eigenvalue weighted by Gasteiger charge is -2.23. The molecule has 0 radical (unpaired) electrons. The van der Waals surface area contributed by atoms with Crippen LogP contribution in [0, 0.1) is 6.92 Å². The molecule has 1 aliphatic heterocycles. The minimum atomic E-state index is -0.210. The quantitative estimate of drug-likeness (QED) is 0.868. The number of hydrogen-bond acceptors (Lipinski definition) is 3. The largest absolute Gasteiger partial charge is 0.376 e. The van der Waals surface area contributed by atoms with E-state index in [1.807, 2.05) is 25.1 Å². The number of anilines is 1. The first-order chi connectivity index (χ1) is 10.5. The smallest absolute Gasteiger partial charge is 0.244 e. The van der Waals surface area contributed by atoms with E-state index in [9.17, 15) is 9.59 Å². The van der Waals surface area contributed by atoms with Crippen molar-refractivity contribution < 1.29 is 14.3 Å². The van der Waals surface area contributed by atoms with Crippen molar-refractivity contribution in [2.24, 2.45) is 0 Å². The van der Waals surface area contributed by atoms with Crippen molar-refractivity contribution in [1.82, 2.24) is 4.90 Å². The number of carbonyl (C=O) groups excluding carboxylic acids is 2. The van der Waals surface area contributed by atoms with Crippen molar-refractivity contribution in [3.63, 3.8) is 0 Å². The van der Waals surface area contributed by atoms with Crippen LogP contribution < -0.4 is 5.32 Å². The molecular formula is C16H21BrN2O3. The van der Waals surface area contributed by atoms with E-state index in [0.717, 1.165) is 29.5 Å². The third-order valence-electron chi connectivity index (χ3n) is 3.63. The fourth-order valence-electron chi connectivity index (χ4n) is 2.42. The predicted molar refractivity (Wildman–Crippen MR) is 88.7 cm³/mol. The lowest BCUT2D eigenvalue weighted by molar-refractivity contribution is -0.134. The van der Waals surface area contributed by atoms with Gasteiger partial charge in [0, 0.05) is 24.5 Å². The van der Waals surface area contributed by atoms with E-state index in [0.29, 0.717) is 12.2 Å². The van der Waals surface area contributed by atoms with Gasteiger partial charge in [-0.2, -0.15) is 0 Å². The first-order valence-electron chi connectivity index (χ1n) is 7.39. The fourth-order valence-corrected chi connectivity index (χ4v) is 3.02. The van der Waals surface area contributed by atoms with Gasteiger partial charge in [-0.1, -0.05) is 6.07 Å². The molecule has 0 spiro atoms. The van der Waals surface area contributed by atoms with Gasteiger partial charge in [-0.3, -0.25) is 9.59 Å². The molecule has 1 fully saturated rings. The average Bonchev–Trinajstić information content (AvgIpc) is 2.94. The lowest BCUT2D eigenvalue weighted by atomic mass is 10.2. The lowest BCUT2D eigenvalue weighted by Crippen LogP contribution is -2.41. The molecule has 22 heavy (non-hydrogen) atoms. The number of nitrogens with zero attached hydrogens (tertiary/aromatic N) is 1. The SMILES string of the molecule is CC(=O)N(CC(=O)Nc1ccc(C)cc1Br)CC1CCCO1. The van der Waals surface area contributed by atoms with E-state index in [1.54, 1.807) is 0 Å². The van der Waals surface area contributed by atoms with Crippen molar-refractivity contribution in [3.8, 4) is 0 Å². The highest BCUT2D eigenvalue weighted by Crippen LogP contribution is 2.23. The van der Waals surface area contributed by atoms with Gasteiger partial charge in [0.2, 0.25) is 11.8 Å². The second-order valence-electron chi connectivity index (χ2n) is 5.57. The van der Waals surface area contributed by atoms with Crippen LogP contribution in [0.3, 0.4) is 0 Å². The molecular weight excluding hydrogens is 348 g/mol. The number of carbonyl (C=O) groups is 2. The number of amides is 2. The zero-order chi connectivity index (χ0) is 16.1. The molecule has 0 bridgehead atoms. The van der Waals surface area contributed by atoms with Gasteiger partial charge in [0.1, 0.15) is 0 Å². The van der Waals surface area contributed by atoms with Crippen LogP contribution in [-0.4, -0.2) is 42.5 Å². The summed E-state index contributed by atoms with van der Waals surface area (Å²) in [6, 6.07) is 5.70. The Kier molecular flexibility index (Phi) is 5.97. The zero-order valence-corrected chi connectivity index (χ0v) is 14.5. The van der Waals surface area contributed by atoms with Gasteiger partial charge in [0.25, 0.3) is 0 Å². The first-order valence-corrected chi connectivity index (χ1v) is 8.18. The Hall–Kier alpha value is -1.40. The van der Waals surface area contributed by atoms with Crippen LogP contribution in [0.25, 0.3) is 0 Å². The maximum Gasteiger partial charge on any atom is 0.244 e. The van der Waals surface area contributed by atoms with E-state index in [4.69, 9.17) is 4.74 Å². The molecule has 1 aliphatic rings. The zero-order valence-electron chi connectivity index (χ0n) is 12.9. The molecule has 6 heteroatoms. The third-order valence-corrected chi connectivity index (χ3v) is 4.28. The molecule has 120 valence electrons. The highest BCUT2D eigenvalue weighted by Gasteiger charge is 2.22. The number of nitrogens with one attached hydrogen (secondary N) is 1. The minimum absolute atomic E-state index is 0.0372. The van der Waals surface area contributed by atoms with Gasteiger partial charge in [0.15, 0.2) is 0 Å². The molecule has 2 amide bonds. The predicted octanol–water partition coefficient (Wildman–Crippen LogP) is 2.72. The molecule has 0 aromatic heterocycles. The Morgan fingerprint density at radius 2 is 2.23 bits per heavy atom. The summed E-state index contributed by atoms with van der Waals surface area (Å²) in [4.78, 5) is 25.4. The third kappa shape index (κ3) is 4.81. The molecule has 2 rings (SSSR count). The highest BCUT2D eigenvalue weighted by molar-refractivity contribution is 9.10. The van der Waals surface area contributed by atoms with Crippen LogP contribution in [0.4, 0.5) is 5.69 Å². The van der Waals surface area contributed by atoms with Crippen LogP contribution in [0.2, 0.25) is 0 Å². The van der Waals surface area contributed by atoms with Crippen molar-refractivity contribution in [2.45, 2.75) is 32.8 Å². The van der Waals surface area contributed by atoms with E-state index >= 15 is 0 Å². The molecule has 5 nitrogen and oxygen atoms in total. The summed E-state index contributed by atoms with van der Waals surface area (Å²) in [6.45, 7) is 4.70. The molecule has 1 aromatic rings. The number of ether oxygens (including phenoxy) is 1. The summed E-state index contributed by atoms with van der Waals surface area (Å²) in [6.07, 6.45) is 2.00. The van der Waals surface area contributed by atoms with E-state index in [2.05, 4.69) is 21.2 Å². The van der Waals surface area contributed by atoms with Gasteiger partial charge in [0.05, 0.1) is 18.3 Å². The summed E-state index contributed by atoms with van der Waals surface area (Å²) < 4.78 is 6.36. The van der Waals surface area contributed by atoms with Gasteiger partial charge >= 0.3 is 0 Å². The summed E-state index contributed by atoms with van der Waals surface area (Å²) in [5.41, 5.74) is 1.81. The molecule has 1 N–H and O–H groups in total. The van der Waals surface area contributed by atoms with E-state index in [1.165, 1.54) is 11.8 Å². The summed E-state index contributed by atoms with van der Waals surface area (Å²) >= 11 is 3.43. The monoisotopic (exact) mass is 368 g/mol. The maximum atomic E-state index is 12.2. The molecule has 1 atom stereocenters. The molecule has 1 saturated heterocycles. The summed E-state index contributed by atoms with van der Waals surface area (Å²) in [5, 5.41) is 2.83. The van der Waals surface area contributed by atoms with E-state index in [-0.39, 0.29) is 24.5 Å². The molecule has 1 heterocycles. The second-order valence-corrected chi connectivity index (χ2v) is 6.42. The number of rotatable bonds is 5. The van der Waals surface area contributed by atoms with Crippen molar-refractivity contribution in [2.75, 3.05) is 25.0 Å². The number of benzene rings is 1. The summed E-state index contributed by atoms with van der Waals surface area (Å²) in [7, 11) is 0. The molecule has 1 unspecified atom stereocenters. The van der Waals surface area contributed by atoms with Crippen molar-refractivity contribution >= 4 is 33.4 Å². The average molecular weight is 369 g/mol. The number of halogens is 1. The minimum Gasteiger partial charge on any atom is -0.376 e. The first kappa shape index (κ1) is 17.0. The Morgan fingerprint density at radius 3 is 2.82 bits per heavy atom. The molecule has 0 saturated carbocycles. The Bertz CT molecular complexity index is 556. The topological polar surface area (TPSA) is 58.6 Å². The second kappa shape index (κ2) is 7.74. The van der Waals surface area contributed by atoms with Crippen molar-refractivity contribution in [1.29, 1.82) is 0 Å². The fraction of sp³-hybridized carbons (Fsp3) is 0.500. The van der Waals surface area contributed by atoms with Gasteiger partial charge in [-0.05, 0) is 53.4 Å². The van der Waals surface area contributed by atoms with Crippen LogP contribution >= 0.6 is 15.9 Å². The molecule has 1 aromatic carbocycles. The molecule has 0 aliphatic carbocycles. The number of hydrogen-bond donors (Lipinski definition) is 1. The Morgan fingerprint density at radius 1 is 1.45 bits per heavy atom. The van der Waals surface area contributed by atoms with Crippen LogP contribution in [0.15, 0.2) is 22.7 Å². The summed E-state index contributed by atoms with van der Waals surface area (Å²) in [5.74, 6) is -0.327. The van der Waals surface area contributed by atoms with Gasteiger partial charge in [-0.25, -0.2) is 0 Å². The van der Waals surface area contributed by atoms with E-state index < -0.39 is 0 Å². The highest BCUT2D eigenvalue weighted by atomic mass is 79.9. The van der Waals surface area contributed by atoms with Crippen LogP contribution in [0.1, 0.15) is 25.3 Å². The number of aryl methyl sites for hydroxylation is 1.